The summed E-state index contributed by atoms with van der Waals surface area (Å²) in [5.74, 6) is -1.70. The van der Waals surface area contributed by atoms with E-state index in [2.05, 4.69) is 0 Å². The number of pyridine rings is 1. The van der Waals surface area contributed by atoms with Gasteiger partial charge in [-0.2, -0.15) is 18.4 Å². The van der Waals surface area contributed by atoms with Crippen molar-refractivity contribution in [2.75, 3.05) is 0 Å². The second-order valence-corrected chi connectivity index (χ2v) is 5.84. The fourth-order valence-electron chi connectivity index (χ4n) is 1.78. The minimum absolute atomic E-state index is 0.0395. The lowest BCUT2D eigenvalue weighted by Crippen LogP contribution is -2.23. The number of carbonyl (C=O) groups is 1. The lowest BCUT2D eigenvalue weighted by atomic mass is 10.2. The van der Waals surface area contributed by atoms with Crippen LogP contribution in [-0.2, 0) is 6.18 Å². The molecule has 0 amide bonds. The van der Waals surface area contributed by atoms with Gasteiger partial charge in [0.2, 0.25) is 0 Å². The average Bonchev–Trinajstić information content (AvgIpc) is 2.47. The Labute approximate surface area is 141 Å². The number of carboxylic acid groups (broad SMARTS) is 1. The molecule has 2 N–H and O–H groups in total. The van der Waals surface area contributed by atoms with Crippen molar-refractivity contribution < 1.29 is 23.1 Å². The normalized spacial score (nSPS) is 11.1. The molecule has 0 fully saturated rings. The summed E-state index contributed by atoms with van der Waals surface area (Å²) in [7, 11) is 0. The average molecular weight is 375 g/mol. The van der Waals surface area contributed by atoms with Gasteiger partial charge in [-0.25, -0.2) is 4.79 Å². The smallest absolute Gasteiger partial charge is 0.431 e. The van der Waals surface area contributed by atoms with E-state index in [1.807, 2.05) is 0 Å². The number of nitrogens with one attached hydrogen (secondary N) is 1. The highest BCUT2D eigenvalue weighted by atomic mass is 35.5. The molecule has 124 valence electrons. The summed E-state index contributed by atoms with van der Waals surface area (Å²) in [5.41, 5.74) is -3.62. The highest BCUT2D eigenvalue weighted by Gasteiger charge is 2.34. The summed E-state index contributed by atoms with van der Waals surface area (Å²) in [6.45, 7) is 0. The molecule has 0 unspecified atom stereocenters. The number of aromatic amines is 1. The number of nitrogens with zero attached hydrogens (tertiary/aromatic N) is 1. The molecule has 1 aromatic carbocycles. The van der Waals surface area contributed by atoms with Crippen molar-refractivity contribution in [2.24, 2.45) is 0 Å². The number of hydrogen-bond acceptors (Lipinski definition) is 4. The maximum Gasteiger partial charge on any atom is 0.431 e. The summed E-state index contributed by atoms with van der Waals surface area (Å²) in [6, 6.07) is 6.52. The molecule has 0 aliphatic heterocycles. The molecule has 0 atom stereocenters. The lowest BCUT2D eigenvalue weighted by Gasteiger charge is -2.12. The number of benzene rings is 1. The van der Waals surface area contributed by atoms with E-state index in [1.165, 1.54) is 23.2 Å². The molecular weight excluding hydrogens is 369 g/mol. The zero-order valence-corrected chi connectivity index (χ0v) is 13.0. The Hall–Kier alpha value is -2.44. The zero-order chi connectivity index (χ0) is 18.1. The summed E-state index contributed by atoms with van der Waals surface area (Å²) in [6.07, 6.45) is -4.87. The number of alkyl halides is 3. The van der Waals surface area contributed by atoms with Gasteiger partial charge in [-0.05, 0) is 18.2 Å². The van der Waals surface area contributed by atoms with Crippen molar-refractivity contribution in [1.82, 2.24) is 4.98 Å². The number of halogens is 4. The minimum atomic E-state index is -4.87. The molecule has 1 aromatic heterocycles. The van der Waals surface area contributed by atoms with Gasteiger partial charge in [0.1, 0.15) is 17.3 Å². The number of carboxylic acids is 1. The first-order chi connectivity index (χ1) is 11.1. The maximum atomic E-state index is 12.8. The Kier molecular flexibility index (Phi) is 4.91. The van der Waals surface area contributed by atoms with Crippen LogP contribution in [0.25, 0.3) is 0 Å². The van der Waals surface area contributed by atoms with Crippen molar-refractivity contribution in [3.63, 3.8) is 0 Å². The van der Waals surface area contributed by atoms with Crippen LogP contribution in [0.4, 0.5) is 13.2 Å². The molecular formula is C14H6ClF3N2O3S. The van der Waals surface area contributed by atoms with Gasteiger partial charge >= 0.3 is 12.1 Å². The van der Waals surface area contributed by atoms with Gasteiger partial charge in [0.05, 0.1) is 10.6 Å². The number of aromatic carboxylic acids is 1. The van der Waals surface area contributed by atoms with Crippen LogP contribution < -0.4 is 5.56 Å². The Morgan fingerprint density at radius 3 is 2.58 bits per heavy atom. The number of hydrogen-bond donors (Lipinski definition) is 2. The Bertz CT molecular complexity index is 919. The quantitative estimate of drug-likeness (QED) is 0.852. The van der Waals surface area contributed by atoms with Crippen molar-refractivity contribution in [1.29, 1.82) is 5.26 Å². The first-order valence-electron chi connectivity index (χ1n) is 6.09. The van der Waals surface area contributed by atoms with Crippen LogP contribution in [0.1, 0.15) is 21.6 Å². The SMILES string of the molecule is N#Cc1cccc(Cl)c1Sc1cc(C(F)(F)F)[nH]c(=O)c1C(=O)O. The fourth-order valence-corrected chi connectivity index (χ4v) is 3.14. The second kappa shape index (κ2) is 6.59. The lowest BCUT2D eigenvalue weighted by molar-refractivity contribution is -0.141. The zero-order valence-electron chi connectivity index (χ0n) is 11.4. The van der Waals surface area contributed by atoms with E-state index in [4.69, 9.17) is 22.0 Å². The molecule has 0 bridgehead atoms. The van der Waals surface area contributed by atoms with E-state index < -0.39 is 33.9 Å². The van der Waals surface area contributed by atoms with Gasteiger partial charge in [0.25, 0.3) is 5.56 Å². The molecule has 0 aliphatic carbocycles. The van der Waals surface area contributed by atoms with Crippen molar-refractivity contribution in [2.45, 2.75) is 16.0 Å². The van der Waals surface area contributed by atoms with Crippen LogP contribution in [0, 0.1) is 11.3 Å². The fraction of sp³-hybridized carbons (Fsp3) is 0.0714. The van der Waals surface area contributed by atoms with Crippen molar-refractivity contribution in [3.8, 4) is 6.07 Å². The van der Waals surface area contributed by atoms with E-state index in [9.17, 15) is 22.8 Å². The molecule has 2 rings (SSSR count). The third-order valence-electron chi connectivity index (χ3n) is 2.82. The molecule has 5 nitrogen and oxygen atoms in total. The molecule has 0 radical (unpaired) electrons. The topological polar surface area (TPSA) is 94.0 Å². The highest BCUT2D eigenvalue weighted by molar-refractivity contribution is 7.99. The summed E-state index contributed by atoms with van der Waals surface area (Å²) in [5, 5.41) is 18.2. The van der Waals surface area contributed by atoms with Crippen LogP contribution in [0.15, 0.2) is 38.9 Å². The van der Waals surface area contributed by atoms with Crippen LogP contribution in [0.2, 0.25) is 5.02 Å². The first-order valence-corrected chi connectivity index (χ1v) is 7.29. The van der Waals surface area contributed by atoms with E-state index in [-0.39, 0.29) is 15.5 Å². The van der Waals surface area contributed by atoms with Gasteiger partial charge in [0.15, 0.2) is 0 Å². The summed E-state index contributed by atoms with van der Waals surface area (Å²) in [4.78, 5) is 24.0. The highest BCUT2D eigenvalue weighted by Crippen LogP contribution is 2.38. The van der Waals surface area contributed by atoms with E-state index in [1.54, 1.807) is 6.07 Å². The number of rotatable bonds is 3. The Morgan fingerprint density at radius 2 is 2.04 bits per heavy atom. The molecule has 2 aromatic rings. The van der Waals surface area contributed by atoms with Crippen LogP contribution >= 0.6 is 23.4 Å². The number of H-pyrrole nitrogens is 1. The van der Waals surface area contributed by atoms with E-state index in [0.717, 1.165) is 0 Å². The van der Waals surface area contributed by atoms with E-state index >= 15 is 0 Å². The Balaban J connectivity index is 2.70. The molecule has 0 saturated heterocycles. The van der Waals surface area contributed by atoms with E-state index in [0.29, 0.717) is 17.8 Å². The largest absolute Gasteiger partial charge is 0.477 e. The Morgan fingerprint density at radius 1 is 1.38 bits per heavy atom. The molecule has 0 saturated carbocycles. The predicted molar refractivity (Wildman–Crippen MR) is 79.3 cm³/mol. The number of nitriles is 1. The molecule has 1 heterocycles. The molecule has 0 spiro atoms. The van der Waals surface area contributed by atoms with Gasteiger partial charge < -0.3 is 10.1 Å². The third kappa shape index (κ3) is 3.55. The van der Waals surface area contributed by atoms with Crippen LogP contribution in [-0.4, -0.2) is 16.1 Å². The predicted octanol–water partition coefficient (Wildman–Crippen LogP) is 3.77. The molecule has 24 heavy (non-hydrogen) atoms. The summed E-state index contributed by atoms with van der Waals surface area (Å²) < 4.78 is 38.5. The van der Waals surface area contributed by atoms with Crippen molar-refractivity contribution in [3.05, 3.63) is 56.5 Å². The standard InChI is InChI=1S/C14H6ClF3N2O3S/c15-7-3-1-2-6(5-19)11(7)24-8-4-9(14(16,17)18)20-12(21)10(8)13(22)23/h1-4H,(H,20,21)(H,22,23). The van der Waals surface area contributed by atoms with Crippen molar-refractivity contribution >= 4 is 29.3 Å². The first kappa shape index (κ1) is 17.9. The summed E-state index contributed by atoms with van der Waals surface area (Å²) >= 11 is 6.44. The van der Waals surface area contributed by atoms with Gasteiger partial charge in [0, 0.05) is 9.79 Å². The third-order valence-corrected chi connectivity index (χ3v) is 4.43. The van der Waals surface area contributed by atoms with Crippen LogP contribution in [0.5, 0.6) is 0 Å². The van der Waals surface area contributed by atoms with Gasteiger partial charge in [-0.15, -0.1) is 0 Å². The van der Waals surface area contributed by atoms with Gasteiger partial charge in [-0.1, -0.05) is 29.4 Å². The maximum absolute atomic E-state index is 12.8. The monoisotopic (exact) mass is 374 g/mol. The number of aromatic nitrogens is 1. The molecule has 0 aliphatic rings. The molecule has 10 heteroatoms. The van der Waals surface area contributed by atoms with Gasteiger partial charge in [-0.3, -0.25) is 4.79 Å². The second-order valence-electron chi connectivity index (χ2n) is 4.38. The van der Waals surface area contributed by atoms with Crippen LogP contribution in [0.3, 0.4) is 0 Å². The minimum Gasteiger partial charge on any atom is -0.477 e.